The summed E-state index contributed by atoms with van der Waals surface area (Å²) in [5.74, 6) is 0. The zero-order chi connectivity index (χ0) is 17.4. The molecular weight excluding hydrogens is 272 g/mol. The van der Waals surface area contributed by atoms with Gasteiger partial charge in [0.05, 0.1) is 50.0 Å². The molecule has 0 aliphatic rings. The molecule has 0 rings (SSSR count). The highest BCUT2D eigenvalue weighted by Crippen LogP contribution is 2.18. The molecule has 0 heterocycles. The van der Waals surface area contributed by atoms with Gasteiger partial charge in [0.15, 0.2) is 0 Å². The van der Waals surface area contributed by atoms with Crippen molar-refractivity contribution >= 4 is 0 Å². The molecular formula is C18H24N4. The third kappa shape index (κ3) is 10.3. The Balaban J connectivity index is 0. The van der Waals surface area contributed by atoms with Crippen LogP contribution in [0.1, 0.15) is 66.2 Å². The van der Waals surface area contributed by atoms with Crippen LogP contribution in [0.5, 0.6) is 0 Å². The molecule has 22 heavy (non-hydrogen) atoms. The van der Waals surface area contributed by atoms with Crippen molar-refractivity contribution in [2.45, 2.75) is 66.2 Å². The van der Waals surface area contributed by atoms with E-state index in [1.54, 1.807) is 0 Å². The Labute approximate surface area is 134 Å². The maximum atomic E-state index is 8.51. The van der Waals surface area contributed by atoms with E-state index in [2.05, 4.69) is 12.1 Å². The van der Waals surface area contributed by atoms with Gasteiger partial charge in [-0.25, -0.2) is 0 Å². The van der Waals surface area contributed by atoms with Crippen LogP contribution in [0.25, 0.3) is 0 Å². The van der Waals surface area contributed by atoms with Crippen molar-refractivity contribution in [2.24, 2.45) is 0 Å². The molecule has 0 unspecified atom stereocenters. The normalized spacial score (nSPS) is 11.3. The molecule has 116 valence electrons. The number of allylic oxidation sites excluding steroid dienone is 4. The number of nitrogens with zero attached hydrogens (tertiary/aromatic N) is 4. The minimum absolute atomic E-state index is 0.438. The Hall–Kier alpha value is -2.56. The summed E-state index contributed by atoms with van der Waals surface area (Å²) in [6.07, 6.45) is 3.60. The molecule has 0 atom stereocenters. The zero-order valence-electron chi connectivity index (χ0n) is 14.0. The maximum Gasteiger partial charge on any atom is 0.0666 e. The third-order valence-electron chi connectivity index (χ3n) is 3.36. The minimum Gasteiger partial charge on any atom is -0.198 e. The Morgan fingerprint density at radius 1 is 0.591 bits per heavy atom. The van der Waals surface area contributed by atoms with Crippen molar-refractivity contribution < 1.29 is 0 Å². The molecule has 4 heteroatoms. The van der Waals surface area contributed by atoms with Crippen LogP contribution in [0, 0.1) is 45.3 Å². The molecule has 0 N–H and O–H groups in total. The van der Waals surface area contributed by atoms with Gasteiger partial charge in [0.1, 0.15) is 0 Å². The van der Waals surface area contributed by atoms with Crippen LogP contribution < -0.4 is 0 Å². The van der Waals surface area contributed by atoms with Gasteiger partial charge in [0.25, 0.3) is 0 Å². The Kier molecular flexibility index (Phi) is 14.7. The second-order valence-corrected chi connectivity index (χ2v) is 4.81. The van der Waals surface area contributed by atoms with Crippen LogP contribution in [0.4, 0.5) is 0 Å². The fraction of sp³-hybridized carbons (Fsp3) is 0.556. The van der Waals surface area contributed by atoms with Gasteiger partial charge in [-0.05, 0) is 26.7 Å². The molecule has 0 radical (unpaired) electrons. The predicted octanol–water partition coefficient (Wildman–Crippen LogP) is 5.08. The number of nitriles is 4. The van der Waals surface area contributed by atoms with Gasteiger partial charge in [-0.3, -0.25) is 0 Å². The van der Waals surface area contributed by atoms with Gasteiger partial charge < -0.3 is 0 Å². The second-order valence-electron chi connectivity index (χ2n) is 4.81. The van der Waals surface area contributed by atoms with E-state index in [0.717, 1.165) is 35.1 Å². The van der Waals surface area contributed by atoms with Gasteiger partial charge in [-0.15, -0.1) is 0 Å². The summed E-state index contributed by atoms with van der Waals surface area (Å²) in [6.45, 7) is 7.82. The standard InChI is InChI=1S/C10H14N2.C8H10N2/c1-3-9(5-7-11)10(4-2)6-8-12;1-7(3-5-9)8(2)4-6-10/h3-6H2,1-2H3;3-4H2,1-2H3. The first kappa shape index (κ1) is 21.7. The monoisotopic (exact) mass is 296 g/mol. The third-order valence-corrected chi connectivity index (χ3v) is 3.36. The number of hydrogen-bond acceptors (Lipinski definition) is 4. The highest BCUT2D eigenvalue weighted by Gasteiger charge is 2.02. The molecule has 0 aromatic rings. The van der Waals surface area contributed by atoms with Crippen molar-refractivity contribution in [3.05, 3.63) is 22.3 Å². The topological polar surface area (TPSA) is 95.2 Å². The van der Waals surface area contributed by atoms with Gasteiger partial charge >= 0.3 is 0 Å². The van der Waals surface area contributed by atoms with Crippen molar-refractivity contribution in [1.29, 1.82) is 21.0 Å². The Bertz CT molecular complexity index is 504. The first-order valence-corrected chi connectivity index (χ1v) is 7.34. The average molecular weight is 296 g/mol. The predicted molar refractivity (Wildman–Crippen MR) is 86.9 cm³/mol. The van der Waals surface area contributed by atoms with E-state index >= 15 is 0 Å². The van der Waals surface area contributed by atoms with Crippen LogP contribution >= 0.6 is 0 Å². The summed E-state index contributed by atoms with van der Waals surface area (Å²) < 4.78 is 0. The fourth-order valence-corrected chi connectivity index (χ4v) is 1.73. The van der Waals surface area contributed by atoms with Crippen LogP contribution in [-0.2, 0) is 0 Å². The summed E-state index contributed by atoms with van der Waals surface area (Å²) >= 11 is 0. The summed E-state index contributed by atoms with van der Waals surface area (Å²) in [5.41, 5.74) is 4.32. The maximum absolute atomic E-state index is 8.51. The lowest BCUT2D eigenvalue weighted by Gasteiger charge is -2.05. The van der Waals surface area contributed by atoms with Gasteiger partial charge in [0, 0.05) is 0 Å². The van der Waals surface area contributed by atoms with E-state index in [4.69, 9.17) is 21.0 Å². The molecule has 0 aromatic carbocycles. The number of hydrogen-bond donors (Lipinski definition) is 0. The summed E-state index contributed by atoms with van der Waals surface area (Å²) in [7, 11) is 0. The van der Waals surface area contributed by atoms with Gasteiger partial charge in [-0.2, -0.15) is 21.0 Å². The van der Waals surface area contributed by atoms with E-state index in [1.807, 2.05) is 39.8 Å². The molecule has 0 aliphatic carbocycles. The average Bonchev–Trinajstić information content (AvgIpc) is 2.51. The first-order valence-electron chi connectivity index (χ1n) is 7.34. The van der Waals surface area contributed by atoms with Gasteiger partial charge in [0.2, 0.25) is 0 Å². The molecule has 0 fully saturated rings. The van der Waals surface area contributed by atoms with E-state index in [1.165, 1.54) is 0 Å². The number of rotatable bonds is 6. The zero-order valence-corrected chi connectivity index (χ0v) is 14.0. The van der Waals surface area contributed by atoms with E-state index in [9.17, 15) is 0 Å². The molecule has 0 saturated carbocycles. The first-order chi connectivity index (χ1) is 10.5. The minimum atomic E-state index is 0.438. The van der Waals surface area contributed by atoms with Gasteiger partial charge in [-0.1, -0.05) is 36.1 Å². The molecule has 0 saturated heterocycles. The van der Waals surface area contributed by atoms with Crippen molar-refractivity contribution in [3.8, 4) is 24.3 Å². The smallest absolute Gasteiger partial charge is 0.0666 e. The highest BCUT2D eigenvalue weighted by molar-refractivity contribution is 5.20. The highest BCUT2D eigenvalue weighted by atomic mass is 14.3. The van der Waals surface area contributed by atoms with Crippen LogP contribution in [0.2, 0.25) is 0 Å². The largest absolute Gasteiger partial charge is 0.198 e. The van der Waals surface area contributed by atoms with Crippen LogP contribution in [-0.4, -0.2) is 0 Å². The lowest BCUT2D eigenvalue weighted by molar-refractivity contribution is 0.920. The lowest BCUT2D eigenvalue weighted by atomic mass is 9.99. The SMILES string of the molecule is CC(CC#N)=C(C)CC#N.CCC(CC#N)=C(CC)CC#N. The van der Waals surface area contributed by atoms with E-state index < -0.39 is 0 Å². The van der Waals surface area contributed by atoms with E-state index in [0.29, 0.717) is 25.7 Å². The molecule has 0 bridgehead atoms. The molecule has 0 aromatic heterocycles. The van der Waals surface area contributed by atoms with Crippen LogP contribution in [0.15, 0.2) is 22.3 Å². The quantitative estimate of drug-likeness (QED) is 0.638. The van der Waals surface area contributed by atoms with Crippen molar-refractivity contribution in [1.82, 2.24) is 0 Å². The molecule has 0 spiro atoms. The van der Waals surface area contributed by atoms with Crippen molar-refractivity contribution in [3.63, 3.8) is 0 Å². The Morgan fingerprint density at radius 3 is 1.05 bits per heavy atom. The second kappa shape index (κ2) is 14.8. The lowest BCUT2D eigenvalue weighted by Crippen LogP contribution is -1.89. The summed E-state index contributed by atoms with van der Waals surface area (Å²) in [5, 5.41) is 33.6. The van der Waals surface area contributed by atoms with Crippen molar-refractivity contribution in [2.75, 3.05) is 0 Å². The Morgan fingerprint density at radius 2 is 0.864 bits per heavy atom. The summed E-state index contributed by atoms with van der Waals surface area (Å²) in [4.78, 5) is 0. The van der Waals surface area contributed by atoms with Crippen LogP contribution in [0.3, 0.4) is 0 Å². The molecule has 0 amide bonds. The summed E-state index contributed by atoms with van der Waals surface area (Å²) in [6, 6.07) is 8.33. The molecule has 0 aliphatic heterocycles. The van der Waals surface area contributed by atoms with E-state index in [-0.39, 0.29) is 0 Å². The molecule has 4 nitrogen and oxygen atoms in total. The fourth-order valence-electron chi connectivity index (χ4n) is 1.73.